The Morgan fingerprint density at radius 2 is 1.79 bits per heavy atom. The summed E-state index contributed by atoms with van der Waals surface area (Å²) < 4.78 is 5.89. The average molecular weight is 391 g/mol. The quantitative estimate of drug-likeness (QED) is 0.556. The van der Waals surface area contributed by atoms with Gasteiger partial charge < -0.3 is 15.8 Å². The van der Waals surface area contributed by atoms with Gasteiger partial charge in [0.1, 0.15) is 12.4 Å². The zero-order valence-corrected chi connectivity index (χ0v) is 16.3. The first-order chi connectivity index (χ1) is 13.7. The van der Waals surface area contributed by atoms with Crippen LogP contribution in [0.2, 0.25) is 5.02 Å². The predicted octanol–water partition coefficient (Wildman–Crippen LogP) is 5.62. The third-order valence-corrected chi connectivity index (χ3v) is 5.21. The van der Waals surface area contributed by atoms with Crippen LogP contribution in [0.15, 0.2) is 78.9 Å². The molecule has 0 bridgehead atoms. The maximum absolute atomic E-state index is 6.17. The van der Waals surface area contributed by atoms with E-state index >= 15 is 0 Å². The van der Waals surface area contributed by atoms with Crippen molar-refractivity contribution in [1.82, 2.24) is 5.32 Å². The molecule has 0 aliphatic carbocycles. The molecule has 0 radical (unpaired) electrons. The van der Waals surface area contributed by atoms with Crippen molar-refractivity contribution in [3.05, 3.63) is 101 Å². The van der Waals surface area contributed by atoms with E-state index in [-0.39, 0.29) is 6.04 Å². The van der Waals surface area contributed by atoms with Crippen molar-refractivity contribution in [2.45, 2.75) is 19.1 Å². The van der Waals surface area contributed by atoms with E-state index in [1.165, 1.54) is 11.1 Å². The molecule has 1 atom stereocenters. The van der Waals surface area contributed by atoms with Gasteiger partial charge in [0, 0.05) is 22.8 Å². The monoisotopic (exact) mass is 390 g/mol. The molecule has 3 aromatic rings. The SMILES string of the molecule is Nc1ccc(Cl)cc1C1=CC(c2ccc(OCc3ccccc3)cc2)NCC1. The number of nitrogens with two attached hydrogens (primary N) is 1. The van der Waals surface area contributed by atoms with Crippen molar-refractivity contribution in [2.24, 2.45) is 0 Å². The fraction of sp³-hybridized carbons (Fsp3) is 0.167. The molecule has 4 heteroatoms. The molecule has 0 fully saturated rings. The summed E-state index contributed by atoms with van der Waals surface area (Å²) in [6.45, 7) is 1.47. The number of anilines is 1. The molecule has 0 saturated heterocycles. The van der Waals surface area contributed by atoms with E-state index in [2.05, 4.69) is 35.7 Å². The highest BCUT2D eigenvalue weighted by molar-refractivity contribution is 6.30. The minimum absolute atomic E-state index is 0.144. The Labute approximate surface area is 170 Å². The molecular weight excluding hydrogens is 368 g/mol. The van der Waals surface area contributed by atoms with E-state index < -0.39 is 0 Å². The highest BCUT2D eigenvalue weighted by atomic mass is 35.5. The second kappa shape index (κ2) is 8.51. The molecule has 0 spiro atoms. The lowest BCUT2D eigenvalue weighted by Crippen LogP contribution is -2.25. The lowest BCUT2D eigenvalue weighted by molar-refractivity contribution is 0.306. The largest absolute Gasteiger partial charge is 0.489 e. The first-order valence-corrected chi connectivity index (χ1v) is 9.83. The van der Waals surface area contributed by atoms with Gasteiger partial charge in [-0.2, -0.15) is 0 Å². The molecule has 4 rings (SSSR count). The standard InChI is InChI=1S/C24H23ClN2O/c25-20-8-11-23(26)22(15-20)19-12-13-27-24(14-19)18-6-9-21(10-7-18)28-16-17-4-2-1-3-5-17/h1-11,14-15,24,27H,12-13,16,26H2. The van der Waals surface area contributed by atoms with E-state index in [0.29, 0.717) is 11.6 Å². The highest BCUT2D eigenvalue weighted by Gasteiger charge is 2.17. The number of rotatable bonds is 5. The zero-order valence-electron chi connectivity index (χ0n) is 15.6. The third-order valence-electron chi connectivity index (χ3n) is 4.98. The summed E-state index contributed by atoms with van der Waals surface area (Å²) in [5, 5.41) is 4.26. The van der Waals surface area contributed by atoms with Gasteiger partial charge in [0.2, 0.25) is 0 Å². The summed E-state index contributed by atoms with van der Waals surface area (Å²) in [5.41, 5.74) is 11.6. The molecule has 1 aliphatic rings. The van der Waals surface area contributed by atoms with Gasteiger partial charge in [0.25, 0.3) is 0 Å². The Bertz CT molecular complexity index is 968. The Kier molecular flexibility index (Phi) is 5.65. The van der Waals surface area contributed by atoms with Crippen LogP contribution in [-0.4, -0.2) is 6.54 Å². The van der Waals surface area contributed by atoms with Gasteiger partial charge in [-0.1, -0.05) is 60.1 Å². The van der Waals surface area contributed by atoms with Crippen LogP contribution in [0.4, 0.5) is 5.69 Å². The van der Waals surface area contributed by atoms with Crippen LogP contribution in [0.3, 0.4) is 0 Å². The summed E-state index contributed by atoms with van der Waals surface area (Å²) in [4.78, 5) is 0. The number of nitrogens with one attached hydrogen (secondary N) is 1. The van der Waals surface area contributed by atoms with Crippen molar-refractivity contribution in [3.63, 3.8) is 0 Å². The van der Waals surface area contributed by atoms with E-state index in [0.717, 1.165) is 35.5 Å². The Morgan fingerprint density at radius 3 is 2.57 bits per heavy atom. The second-order valence-corrected chi connectivity index (χ2v) is 7.39. The highest BCUT2D eigenvalue weighted by Crippen LogP contribution is 2.32. The number of benzene rings is 3. The zero-order chi connectivity index (χ0) is 19.3. The van der Waals surface area contributed by atoms with Crippen molar-refractivity contribution in [2.75, 3.05) is 12.3 Å². The number of hydrogen-bond donors (Lipinski definition) is 2. The summed E-state index contributed by atoms with van der Waals surface area (Å²) in [6.07, 6.45) is 3.17. The smallest absolute Gasteiger partial charge is 0.119 e. The molecular formula is C24H23ClN2O. The van der Waals surface area contributed by atoms with Crippen LogP contribution < -0.4 is 15.8 Å². The Hall–Kier alpha value is -2.75. The molecule has 3 nitrogen and oxygen atoms in total. The predicted molar refractivity (Wildman–Crippen MR) is 116 cm³/mol. The maximum Gasteiger partial charge on any atom is 0.119 e. The summed E-state index contributed by atoms with van der Waals surface area (Å²) in [5.74, 6) is 0.867. The molecule has 3 aromatic carbocycles. The van der Waals surface area contributed by atoms with Crippen LogP contribution in [0.1, 0.15) is 29.2 Å². The van der Waals surface area contributed by atoms with Crippen molar-refractivity contribution < 1.29 is 4.74 Å². The molecule has 0 amide bonds. The van der Waals surface area contributed by atoms with Gasteiger partial charge >= 0.3 is 0 Å². The summed E-state index contributed by atoms with van der Waals surface area (Å²) in [6, 6.07) is 24.2. The van der Waals surface area contributed by atoms with E-state index in [1.807, 2.05) is 48.5 Å². The lowest BCUT2D eigenvalue weighted by atomic mass is 9.93. The fourth-order valence-corrected chi connectivity index (χ4v) is 3.64. The maximum atomic E-state index is 6.17. The topological polar surface area (TPSA) is 47.3 Å². The Balaban J connectivity index is 1.48. The normalized spacial score (nSPS) is 16.5. The molecule has 0 aromatic heterocycles. The number of nitrogen functional groups attached to an aromatic ring is 1. The van der Waals surface area contributed by atoms with Crippen LogP contribution in [0.25, 0.3) is 5.57 Å². The summed E-state index contributed by atoms with van der Waals surface area (Å²) in [7, 11) is 0. The number of ether oxygens (including phenoxy) is 1. The molecule has 1 aliphatic heterocycles. The molecule has 0 saturated carbocycles. The fourth-order valence-electron chi connectivity index (χ4n) is 3.46. The van der Waals surface area contributed by atoms with Gasteiger partial charge in [-0.05, 0) is 53.5 Å². The van der Waals surface area contributed by atoms with Crippen molar-refractivity contribution in [3.8, 4) is 5.75 Å². The van der Waals surface area contributed by atoms with Crippen molar-refractivity contribution >= 4 is 22.9 Å². The van der Waals surface area contributed by atoms with Crippen LogP contribution in [0, 0.1) is 0 Å². The van der Waals surface area contributed by atoms with Gasteiger partial charge in [-0.15, -0.1) is 0 Å². The van der Waals surface area contributed by atoms with Crippen LogP contribution in [0.5, 0.6) is 5.75 Å². The molecule has 142 valence electrons. The molecule has 1 unspecified atom stereocenters. The summed E-state index contributed by atoms with van der Waals surface area (Å²) >= 11 is 6.17. The van der Waals surface area contributed by atoms with Gasteiger partial charge in [-0.3, -0.25) is 0 Å². The first-order valence-electron chi connectivity index (χ1n) is 9.45. The van der Waals surface area contributed by atoms with Crippen LogP contribution >= 0.6 is 11.6 Å². The average Bonchev–Trinajstić information content (AvgIpc) is 2.75. The van der Waals surface area contributed by atoms with E-state index in [9.17, 15) is 0 Å². The number of halogens is 1. The van der Waals surface area contributed by atoms with Crippen LogP contribution in [-0.2, 0) is 6.61 Å². The van der Waals surface area contributed by atoms with E-state index in [1.54, 1.807) is 0 Å². The second-order valence-electron chi connectivity index (χ2n) is 6.95. The number of hydrogen-bond acceptors (Lipinski definition) is 3. The van der Waals surface area contributed by atoms with Gasteiger partial charge in [0.15, 0.2) is 0 Å². The van der Waals surface area contributed by atoms with Gasteiger partial charge in [0.05, 0.1) is 6.04 Å². The Morgan fingerprint density at radius 1 is 1.00 bits per heavy atom. The minimum Gasteiger partial charge on any atom is -0.489 e. The molecule has 28 heavy (non-hydrogen) atoms. The third kappa shape index (κ3) is 4.38. The molecule has 3 N–H and O–H groups in total. The first kappa shape index (κ1) is 18.6. The lowest BCUT2D eigenvalue weighted by Gasteiger charge is -2.24. The van der Waals surface area contributed by atoms with E-state index in [4.69, 9.17) is 22.1 Å². The van der Waals surface area contributed by atoms with Crippen molar-refractivity contribution in [1.29, 1.82) is 0 Å². The molecule has 1 heterocycles. The van der Waals surface area contributed by atoms with Gasteiger partial charge in [-0.25, -0.2) is 0 Å². The minimum atomic E-state index is 0.144.